The van der Waals surface area contributed by atoms with Gasteiger partial charge in [0, 0.05) is 13.0 Å². The molecule has 0 aromatic heterocycles. The van der Waals surface area contributed by atoms with Crippen molar-refractivity contribution in [2.45, 2.75) is 19.3 Å². The van der Waals surface area contributed by atoms with Gasteiger partial charge in [0.2, 0.25) is 15.9 Å². The Morgan fingerprint density at radius 2 is 2.18 bits per heavy atom. The Bertz CT molecular complexity index is 707. The van der Waals surface area contributed by atoms with Crippen LogP contribution in [0.4, 0.5) is 11.4 Å². The molecule has 0 aliphatic carbocycles. The van der Waals surface area contributed by atoms with Gasteiger partial charge >= 0.3 is 0 Å². The summed E-state index contributed by atoms with van der Waals surface area (Å²) in [5.74, 6) is 2.22. The standard InChI is InChI=1S/C15H18N2O4S/c1-3-10-22(19,20)16-12-7-8-14(21-2)13(11-12)17-9-5-4-6-15(17)18/h1,7-8,11,16H,4-6,9-10H2,2H3. The van der Waals surface area contributed by atoms with Crippen molar-refractivity contribution >= 4 is 27.3 Å². The van der Waals surface area contributed by atoms with Crippen LogP contribution >= 0.6 is 0 Å². The number of terminal acetylenes is 1. The summed E-state index contributed by atoms with van der Waals surface area (Å²) < 4.78 is 31.2. The molecule has 6 nitrogen and oxygen atoms in total. The van der Waals surface area contributed by atoms with E-state index in [9.17, 15) is 13.2 Å². The molecule has 0 bridgehead atoms. The van der Waals surface area contributed by atoms with Gasteiger partial charge in [-0.1, -0.05) is 5.92 Å². The predicted octanol–water partition coefficient (Wildman–Crippen LogP) is 1.59. The number of methoxy groups -OCH3 is 1. The van der Waals surface area contributed by atoms with E-state index >= 15 is 0 Å². The van der Waals surface area contributed by atoms with E-state index in [4.69, 9.17) is 11.2 Å². The molecular weight excluding hydrogens is 304 g/mol. The molecule has 1 amide bonds. The van der Waals surface area contributed by atoms with E-state index < -0.39 is 15.8 Å². The fourth-order valence-electron chi connectivity index (χ4n) is 2.35. The summed E-state index contributed by atoms with van der Waals surface area (Å²) >= 11 is 0. The Kier molecular flexibility index (Phi) is 4.93. The Morgan fingerprint density at radius 3 is 2.82 bits per heavy atom. The number of benzene rings is 1. The minimum Gasteiger partial charge on any atom is -0.495 e. The molecule has 1 N–H and O–H groups in total. The molecule has 0 saturated carbocycles. The number of hydrogen-bond acceptors (Lipinski definition) is 4. The first kappa shape index (κ1) is 16.2. The first-order valence-corrected chi connectivity index (χ1v) is 8.54. The number of piperidine rings is 1. The monoisotopic (exact) mass is 322 g/mol. The zero-order chi connectivity index (χ0) is 16.2. The lowest BCUT2D eigenvalue weighted by atomic mass is 10.1. The van der Waals surface area contributed by atoms with Crippen molar-refractivity contribution < 1.29 is 17.9 Å². The Labute approximate surface area is 130 Å². The van der Waals surface area contributed by atoms with Crippen LogP contribution in [0.5, 0.6) is 5.75 Å². The number of nitrogens with zero attached hydrogens (tertiary/aromatic N) is 1. The van der Waals surface area contributed by atoms with Crippen molar-refractivity contribution in [1.29, 1.82) is 0 Å². The molecule has 0 atom stereocenters. The highest BCUT2D eigenvalue weighted by Gasteiger charge is 2.23. The number of carbonyl (C=O) groups excluding carboxylic acids is 1. The highest BCUT2D eigenvalue weighted by Crippen LogP contribution is 2.33. The third-order valence-electron chi connectivity index (χ3n) is 3.34. The third kappa shape index (κ3) is 3.71. The number of rotatable bonds is 5. The van der Waals surface area contributed by atoms with Gasteiger partial charge in [-0.25, -0.2) is 8.42 Å². The van der Waals surface area contributed by atoms with E-state index in [1.54, 1.807) is 23.1 Å². The maximum absolute atomic E-state index is 12.1. The second-order valence-corrected chi connectivity index (χ2v) is 6.68. The summed E-state index contributed by atoms with van der Waals surface area (Å²) in [6.07, 6.45) is 7.29. The molecule has 1 aromatic rings. The smallest absolute Gasteiger partial charge is 0.244 e. The summed E-state index contributed by atoms with van der Waals surface area (Å²) in [6.45, 7) is 0.593. The van der Waals surface area contributed by atoms with E-state index in [1.807, 2.05) is 0 Å². The van der Waals surface area contributed by atoms with Crippen LogP contribution in [0.3, 0.4) is 0 Å². The van der Waals surface area contributed by atoms with Gasteiger partial charge < -0.3 is 9.64 Å². The van der Waals surface area contributed by atoms with Crippen molar-refractivity contribution in [2.75, 3.05) is 29.0 Å². The van der Waals surface area contributed by atoms with Crippen LogP contribution in [0.2, 0.25) is 0 Å². The predicted molar refractivity (Wildman–Crippen MR) is 85.4 cm³/mol. The van der Waals surface area contributed by atoms with E-state index in [0.29, 0.717) is 30.1 Å². The molecule has 118 valence electrons. The quantitative estimate of drug-likeness (QED) is 0.835. The Hall–Kier alpha value is -2.20. The number of sulfonamides is 1. The van der Waals surface area contributed by atoms with Crippen LogP contribution in [0.15, 0.2) is 18.2 Å². The Balaban J connectivity index is 2.34. The SMILES string of the molecule is C#CCS(=O)(=O)Nc1ccc(OC)c(N2CCCCC2=O)c1. The second-order valence-electron chi connectivity index (χ2n) is 4.95. The number of hydrogen-bond donors (Lipinski definition) is 1. The van der Waals surface area contributed by atoms with Gasteiger partial charge in [0.1, 0.15) is 11.5 Å². The highest BCUT2D eigenvalue weighted by atomic mass is 32.2. The topological polar surface area (TPSA) is 75.7 Å². The molecule has 0 radical (unpaired) electrons. The average Bonchev–Trinajstić information content (AvgIpc) is 2.47. The molecule has 0 spiro atoms. The minimum absolute atomic E-state index is 0.00758. The fraction of sp³-hybridized carbons (Fsp3) is 0.400. The van der Waals surface area contributed by atoms with Crippen LogP contribution in [0.25, 0.3) is 0 Å². The van der Waals surface area contributed by atoms with Crippen LogP contribution in [-0.4, -0.2) is 33.7 Å². The number of amides is 1. The maximum atomic E-state index is 12.1. The van der Waals surface area contributed by atoms with Gasteiger partial charge in [-0.2, -0.15) is 0 Å². The molecule has 7 heteroatoms. The third-order valence-corrected chi connectivity index (χ3v) is 4.43. The summed E-state index contributed by atoms with van der Waals surface area (Å²) in [5, 5.41) is 0. The van der Waals surface area contributed by atoms with Crippen LogP contribution in [0, 0.1) is 12.3 Å². The molecule has 2 rings (SSSR count). The van der Waals surface area contributed by atoms with Crippen LogP contribution < -0.4 is 14.4 Å². The van der Waals surface area contributed by atoms with Gasteiger partial charge in [-0.05, 0) is 31.0 Å². The van der Waals surface area contributed by atoms with Crippen molar-refractivity contribution in [3.05, 3.63) is 18.2 Å². The van der Waals surface area contributed by atoms with Gasteiger partial charge in [-0.15, -0.1) is 6.42 Å². The molecule has 0 unspecified atom stereocenters. The van der Waals surface area contributed by atoms with Crippen molar-refractivity contribution in [3.63, 3.8) is 0 Å². The molecule has 1 heterocycles. The molecule has 1 saturated heterocycles. The second kappa shape index (κ2) is 6.71. The number of carbonyl (C=O) groups is 1. The molecule has 1 aromatic carbocycles. The first-order valence-electron chi connectivity index (χ1n) is 6.89. The van der Waals surface area contributed by atoms with E-state index in [2.05, 4.69) is 10.6 Å². The van der Waals surface area contributed by atoms with Gasteiger partial charge in [0.15, 0.2) is 0 Å². The zero-order valence-electron chi connectivity index (χ0n) is 12.3. The summed E-state index contributed by atoms with van der Waals surface area (Å²) in [5.41, 5.74) is 0.914. The normalized spacial score (nSPS) is 15.3. The maximum Gasteiger partial charge on any atom is 0.244 e. The molecular formula is C15H18N2O4S. The van der Waals surface area contributed by atoms with E-state index in [1.165, 1.54) is 7.11 Å². The summed E-state index contributed by atoms with van der Waals surface area (Å²) in [4.78, 5) is 13.7. The fourth-order valence-corrected chi connectivity index (χ4v) is 3.13. The van der Waals surface area contributed by atoms with Gasteiger partial charge in [0.05, 0.1) is 18.5 Å². The molecule has 1 fully saturated rings. The zero-order valence-corrected chi connectivity index (χ0v) is 13.1. The molecule has 22 heavy (non-hydrogen) atoms. The first-order chi connectivity index (χ1) is 10.5. The lowest BCUT2D eigenvalue weighted by Gasteiger charge is -2.28. The number of ether oxygens (including phenoxy) is 1. The van der Waals surface area contributed by atoms with Crippen LogP contribution in [0.1, 0.15) is 19.3 Å². The molecule has 1 aliphatic rings. The minimum atomic E-state index is -3.60. The lowest BCUT2D eigenvalue weighted by Crippen LogP contribution is -2.35. The van der Waals surface area contributed by atoms with Gasteiger partial charge in [0.25, 0.3) is 0 Å². The van der Waals surface area contributed by atoms with Crippen molar-refractivity contribution in [2.24, 2.45) is 0 Å². The van der Waals surface area contributed by atoms with Crippen molar-refractivity contribution in [3.8, 4) is 18.1 Å². The highest BCUT2D eigenvalue weighted by molar-refractivity contribution is 7.92. The van der Waals surface area contributed by atoms with E-state index in [-0.39, 0.29) is 5.91 Å². The van der Waals surface area contributed by atoms with Crippen LogP contribution in [-0.2, 0) is 14.8 Å². The average molecular weight is 322 g/mol. The lowest BCUT2D eigenvalue weighted by molar-refractivity contribution is -0.119. The summed E-state index contributed by atoms with van der Waals surface area (Å²) in [6, 6.07) is 4.80. The molecule has 1 aliphatic heterocycles. The number of anilines is 2. The number of nitrogens with one attached hydrogen (secondary N) is 1. The Morgan fingerprint density at radius 1 is 1.41 bits per heavy atom. The van der Waals surface area contributed by atoms with Crippen molar-refractivity contribution in [1.82, 2.24) is 0 Å². The van der Waals surface area contributed by atoms with Gasteiger partial charge in [-0.3, -0.25) is 9.52 Å². The summed E-state index contributed by atoms with van der Waals surface area (Å²) in [7, 11) is -2.09. The van der Waals surface area contributed by atoms with E-state index in [0.717, 1.165) is 12.8 Å². The largest absolute Gasteiger partial charge is 0.495 e.